The minimum atomic E-state index is -0.695. The van der Waals surface area contributed by atoms with Crippen LogP contribution in [0.25, 0.3) is 0 Å². The van der Waals surface area contributed by atoms with E-state index < -0.39 is 11.9 Å². The van der Waals surface area contributed by atoms with Crippen molar-refractivity contribution in [3.63, 3.8) is 0 Å². The van der Waals surface area contributed by atoms with Gasteiger partial charge >= 0.3 is 0 Å². The Morgan fingerprint density at radius 3 is 2.15 bits per heavy atom. The molecule has 2 amide bonds. The second kappa shape index (κ2) is 10.2. The van der Waals surface area contributed by atoms with Crippen molar-refractivity contribution in [3.05, 3.63) is 60.2 Å². The molecular formula is C21H26N2O4. The Morgan fingerprint density at radius 1 is 1.00 bits per heavy atom. The molecule has 0 spiro atoms. The van der Waals surface area contributed by atoms with Crippen LogP contribution in [-0.4, -0.2) is 24.5 Å². The number of ether oxygens (including phenoxy) is 2. The third-order valence-electron chi connectivity index (χ3n) is 4.28. The fourth-order valence-corrected chi connectivity index (χ4v) is 2.47. The van der Waals surface area contributed by atoms with Crippen molar-refractivity contribution in [2.75, 3.05) is 6.61 Å². The summed E-state index contributed by atoms with van der Waals surface area (Å²) in [5.74, 6) is 0.284. The minimum absolute atomic E-state index is 0.0347. The summed E-state index contributed by atoms with van der Waals surface area (Å²) < 4.78 is 11.2. The van der Waals surface area contributed by atoms with Crippen molar-refractivity contribution in [2.24, 2.45) is 11.7 Å². The van der Waals surface area contributed by atoms with Gasteiger partial charge in [0.05, 0.1) is 0 Å². The van der Waals surface area contributed by atoms with Crippen LogP contribution in [-0.2, 0) is 16.2 Å². The quantitative estimate of drug-likeness (QED) is 0.673. The number of carbonyl (C=O) groups excluding carboxylic acids is 2. The molecule has 0 saturated heterocycles. The number of carbonyl (C=O) groups is 2. The molecule has 0 bridgehead atoms. The summed E-state index contributed by atoms with van der Waals surface area (Å²) in [5.41, 5.74) is 6.43. The number of rotatable bonds is 10. The molecule has 2 unspecified atom stereocenters. The number of amides is 2. The molecule has 2 rings (SSSR count). The van der Waals surface area contributed by atoms with Gasteiger partial charge in [0, 0.05) is 0 Å². The molecule has 2 atom stereocenters. The maximum Gasteiger partial charge on any atom is 0.258 e. The third-order valence-corrected chi connectivity index (χ3v) is 4.28. The van der Waals surface area contributed by atoms with Crippen LogP contribution in [0.1, 0.15) is 25.8 Å². The Labute approximate surface area is 159 Å². The molecule has 0 aliphatic carbocycles. The molecule has 0 radical (unpaired) electrons. The Hall–Kier alpha value is -3.02. The number of nitrogens with one attached hydrogen (secondary N) is 1. The lowest BCUT2D eigenvalue weighted by molar-refractivity contribution is -0.129. The van der Waals surface area contributed by atoms with E-state index in [1.54, 1.807) is 24.3 Å². The van der Waals surface area contributed by atoms with Crippen molar-refractivity contribution >= 4 is 11.8 Å². The Balaban J connectivity index is 1.80. The topological polar surface area (TPSA) is 90.7 Å². The van der Waals surface area contributed by atoms with E-state index in [4.69, 9.17) is 15.2 Å². The number of hydrogen-bond donors (Lipinski definition) is 2. The highest BCUT2D eigenvalue weighted by Gasteiger charge is 2.23. The van der Waals surface area contributed by atoms with Crippen LogP contribution in [0.5, 0.6) is 11.5 Å². The van der Waals surface area contributed by atoms with Crippen LogP contribution in [0, 0.1) is 5.92 Å². The fraction of sp³-hybridized carbons (Fsp3) is 0.333. The summed E-state index contributed by atoms with van der Waals surface area (Å²) in [6, 6.07) is 16.2. The number of hydrogen-bond acceptors (Lipinski definition) is 4. The zero-order valence-electron chi connectivity index (χ0n) is 15.7. The highest BCUT2D eigenvalue weighted by atomic mass is 16.5. The van der Waals surface area contributed by atoms with Crippen LogP contribution in [0.15, 0.2) is 54.6 Å². The lowest BCUT2D eigenvalue weighted by Crippen LogP contribution is -2.49. The van der Waals surface area contributed by atoms with Crippen LogP contribution in [0.4, 0.5) is 0 Å². The SMILES string of the molecule is CCC(C)C(NC(=O)COc1ccc(OCc2ccccc2)cc1)C(N)=O. The lowest BCUT2D eigenvalue weighted by atomic mass is 9.99. The summed E-state index contributed by atoms with van der Waals surface area (Å²) in [4.78, 5) is 23.5. The van der Waals surface area contributed by atoms with E-state index in [1.807, 2.05) is 44.2 Å². The summed E-state index contributed by atoms with van der Waals surface area (Å²) in [5, 5.41) is 2.62. The van der Waals surface area contributed by atoms with E-state index in [0.29, 0.717) is 18.1 Å². The van der Waals surface area contributed by atoms with Gasteiger partial charge in [-0.3, -0.25) is 9.59 Å². The van der Waals surface area contributed by atoms with Gasteiger partial charge in [-0.2, -0.15) is 0 Å². The van der Waals surface area contributed by atoms with Gasteiger partial charge in [0.2, 0.25) is 5.91 Å². The van der Waals surface area contributed by atoms with Gasteiger partial charge in [0.15, 0.2) is 6.61 Å². The van der Waals surface area contributed by atoms with E-state index in [0.717, 1.165) is 12.0 Å². The lowest BCUT2D eigenvalue weighted by Gasteiger charge is -2.21. The first-order chi connectivity index (χ1) is 13.0. The van der Waals surface area contributed by atoms with Crippen molar-refractivity contribution in [1.82, 2.24) is 5.32 Å². The van der Waals surface area contributed by atoms with Crippen molar-refractivity contribution < 1.29 is 19.1 Å². The molecule has 0 aliphatic rings. The third kappa shape index (κ3) is 6.66. The summed E-state index contributed by atoms with van der Waals surface area (Å²) in [6.45, 7) is 4.09. The molecule has 2 aromatic carbocycles. The van der Waals surface area contributed by atoms with E-state index in [-0.39, 0.29) is 18.4 Å². The average molecular weight is 370 g/mol. The van der Waals surface area contributed by atoms with Crippen molar-refractivity contribution in [1.29, 1.82) is 0 Å². The zero-order chi connectivity index (χ0) is 19.6. The largest absolute Gasteiger partial charge is 0.489 e. The van der Waals surface area contributed by atoms with Gasteiger partial charge in [-0.25, -0.2) is 0 Å². The summed E-state index contributed by atoms with van der Waals surface area (Å²) in [7, 11) is 0. The second-order valence-corrected chi connectivity index (χ2v) is 6.37. The number of benzene rings is 2. The predicted octanol–water partition coefficient (Wildman–Crippen LogP) is 2.66. The molecule has 0 heterocycles. The molecular weight excluding hydrogens is 344 g/mol. The smallest absolute Gasteiger partial charge is 0.258 e. The van der Waals surface area contributed by atoms with Gasteiger partial charge in [0.1, 0.15) is 24.1 Å². The van der Waals surface area contributed by atoms with E-state index >= 15 is 0 Å². The van der Waals surface area contributed by atoms with Gasteiger partial charge < -0.3 is 20.5 Å². The predicted molar refractivity (Wildman–Crippen MR) is 103 cm³/mol. The Bertz CT molecular complexity index is 732. The fourth-order valence-electron chi connectivity index (χ4n) is 2.47. The highest BCUT2D eigenvalue weighted by Crippen LogP contribution is 2.18. The standard InChI is InChI=1S/C21H26N2O4/c1-3-15(2)20(21(22)25)23-19(24)14-27-18-11-9-17(10-12-18)26-13-16-7-5-4-6-8-16/h4-12,15,20H,3,13-14H2,1-2H3,(H2,22,25)(H,23,24). The highest BCUT2D eigenvalue weighted by molar-refractivity contribution is 5.87. The number of primary amides is 1. The summed E-state index contributed by atoms with van der Waals surface area (Å²) >= 11 is 0. The van der Waals surface area contributed by atoms with Crippen LogP contribution >= 0.6 is 0 Å². The normalized spacial score (nSPS) is 12.7. The van der Waals surface area contributed by atoms with Gasteiger partial charge in [-0.15, -0.1) is 0 Å². The molecule has 6 nitrogen and oxygen atoms in total. The first kappa shape index (κ1) is 20.3. The maximum atomic E-state index is 12.0. The molecule has 27 heavy (non-hydrogen) atoms. The Morgan fingerprint density at radius 2 is 1.59 bits per heavy atom. The van der Waals surface area contributed by atoms with Gasteiger partial charge in [-0.05, 0) is 35.7 Å². The first-order valence-electron chi connectivity index (χ1n) is 8.98. The molecule has 0 saturated carbocycles. The van der Waals surface area contributed by atoms with E-state index in [1.165, 1.54) is 0 Å². The summed E-state index contributed by atoms with van der Waals surface area (Å²) in [6.07, 6.45) is 0.735. The molecule has 0 aliphatic heterocycles. The molecule has 0 fully saturated rings. The van der Waals surface area contributed by atoms with Crippen molar-refractivity contribution in [3.8, 4) is 11.5 Å². The second-order valence-electron chi connectivity index (χ2n) is 6.37. The monoisotopic (exact) mass is 370 g/mol. The molecule has 0 aromatic heterocycles. The van der Waals surface area contributed by atoms with Crippen LogP contribution in [0.3, 0.4) is 0 Å². The van der Waals surface area contributed by atoms with E-state index in [9.17, 15) is 9.59 Å². The maximum absolute atomic E-state index is 12.0. The molecule has 6 heteroatoms. The Kier molecular flexibility index (Phi) is 7.67. The van der Waals surface area contributed by atoms with E-state index in [2.05, 4.69) is 5.32 Å². The van der Waals surface area contributed by atoms with Crippen molar-refractivity contribution in [2.45, 2.75) is 32.9 Å². The first-order valence-corrected chi connectivity index (χ1v) is 8.98. The number of nitrogens with two attached hydrogens (primary N) is 1. The average Bonchev–Trinajstić information content (AvgIpc) is 2.69. The van der Waals surface area contributed by atoms with Crippen LogP contribution in [0.2, 0.25) is 0 Å². The molecule has 3 N–H and O–H groups in total. The molecule has 144 valence electrons. The van der Waals surface area contributed by atoms with Gasteiger partial charge in [-0.1, -0.05) is 50.6 Å². The minimum Gasteiger partial charge on any atom is -0.489 e. The zero-order valence-corrected chi connectivity index (χ0v) is 15.7. The van der Waals surface area contributed by atoms with Gasteiger partial charge in [0.25, 0.3) is 5.91 Å². The molecule has 2 aromatic rings. The van der Waals surface area contributed by atoms with Crippen LogP contribution < -0.4 is 20.5 Å².